The number of hydrogen-bond acceptors (Lipinski definition) is 3. The van der Waals surface area contributed by atoms with Crippen LogP contribution in [0, 0.1) is 0 Å². The molecule has 1 amide bonds. The van der Waals surface area contributed by atoms with Gasteiger partial charge in [0.1, 0.15) is 0 Å². The second kappa shape index (κ2) is 7.77. The van der Waals surface area contributed by atoms with Crippen molar-refractivity contribution in [2.45, 2.75) is 30.8 Å². The van der Waals surface area contributed by atoms with E-state index in [9.17, 15) is 26.4 Å². The van der Waals surface area contributed by atoms with E-state index >= 15 is 0 Å². The Morgan fingerprint density at radius 1 is 1.04 bits per heavy atom. The normalized spacial score (nSPS) is 11.8. The molecule has 2 aromatic rings. The SMILES string of the molecule is CCCC(=O)Nc1cccc(S(=O)(=O)Nc2cccc(C(F)(F)F)c2)c1. The fourth-order valence-electron chi connectivity index (χ4n) is 2.16. The van der Waals surface area contributed by atoms with Crippen LogP contribution in [0.15, 0.2) is 53.4 Å². The van der Waals surface area contributed by atoms with E-state index in [0.717, 1.165) is 12.1 Å². The predicted octanol–water partition coefficient (Wildman–Crippen LogP) is 4.24. The quantitative estimate of drug-likeness (QED) is 0.780. The van der Waals surface area contributed by atoms with Gasteiger partial charge in [-0.05, 0) is 42.8 Å². The van der Waals surface area contributed by atoms with E-state index in [1.807, 2.05) is 6.92 Å². The van der Waals surface area contributed by atoms with Crippen LogP contribution in [-0.4, -0.2) is 14.3 Å². The van der Waals surface area contributed by atoms with Gasteiger partial charge in [-0.25, -0.2) is 8.42 Å². The molecule has 26 heavy (non-hydrogen) atoms. The number of hydrogen-bond donors (Lipinski definition) is 2. The van der Waals surface area contributed by atoms with Gasteiger partial charge in [-0.2, -0.15) is 13.2 Å². The van der Waals surface area contributed by atoms with Crippen LogP contribution < -0.4 is 10.0 Å². The first-order valence-corrected chi connectivity index (χ1v) is 9.20. The lowest BCUT2D eigenvalue weighted by Crippen LogP contribution is -2.15. The Morgan fingerprint density at radius 2 is 1.69 bits per heavy atom. The first-order chi connectivity index (χ1) is 12.1. The summed E-state index contributed by atoms with van der Waals surface area (Å²) >= 11 is 0. The van der Waals surface area contributed by atoms with Crippen molar-refractivity contribution in [2.24, 2.45) is 0 Å². The number of halogens is 3. The van der Waals surface area contributed by atoms with Gasteiger partial charge >= 0.3 is 6.18 Å². The minimum absolute atomic E-state index is 0.177. The first-order valence-electron chi connectivity index (χ1n) is 7.72. The van der Waals surface area contributed by atoms with Crippen LogP contribution in [0.5, 0.6) is 0 Å². The van der Waals surface area contributed by atoms with Gasteiger partial charge in [0.05, 0.1) is 10.5 Å². The smallest absolute Gasteiger partial charge is 0.326 e. The van der Waals surface area contributed by atoms with E-state index < -0.39 is 21.8 Å². The van der Waals surface area contributed by atoms with Crippen molar-refractivity contribution < 1.29 is 26.4 Å². The zero-order valence-corrected chi connectivity index (χ0v) is 14.6. The monoisotopic (exact) mass is 386 g/mol. The average molecular weight is 386 g/mol. The molecule has 0 fully saturated rings. The number of anilines is 2. The summed E-state index contributed by atoms with van der Waals surface area (Å²) in [6.45, 7) is 1.83. The van der Waals surface area contributed by atoms with Gasteiger partial charge in [-0.1, -0.05) is 19.1 Å². The van der Waals surface area contributed by atoms with Crippen LogP contribution in [0.1, 0.15) is 25.3 Å². The van der Waals surface area contributed by atoms with E-state index in [1.54, 1.807) is 0 Å². The van der Waals surface area contributed by atoms with Gasteiger partial charge < -0.3 is 5.32 Å². The third kappa shape index (κ3) is 5.22. The van der Waals surface area contributed by atoms with Crippen molar-refractivity contribution in [1.82, 2.24) is 0 Å². The van der Waals surface area contributed by atoms with Crippen LogP contribution in [0.25, 0.3) is 0 Å². The summed E-state index contributed by atoms with van der Waals surface area (Å²) < 4.78 is 65.2. The Balaban J connectivity index is 2.24. The fraction of sp³-hybridized carbons (Fsp3) is 0.235. The molecule has 0 radical (unpaired) electrons. The average Bonchev–Trinajstić information content (AvgIpc) is 2.54. The van der Waals surface area contributed by atoms with Crippen molar-refractivity contribution in [2.75, 3.05) is 10.0 Å². The topological polar surface area (TPSA) is 75.3 Å². The van der Waals surface area contributed by atoms with Gasteiger partial charge in [0.25, 0.3) is 10.0 Å². The number of amides is 1. The molecule has 5 nitrogen and oxygen atoms in total. The molecule has 0 bridgehead atoms. The van der Waals surface area contributed by atoms with Gasteiger partial charge in [-0.3, -0.25) is 9.52 Å². The van der Waals surface area contributed by atoms with Crippen LogP contribution >= 0.6 is 0 Å². The predicted molar refractivity (Wildman–Crippen MR) is 92.2 cm³/mol. The van der Waals surface area contributed by atoms with Gasteiger partial charge in [0.15, 0.2) is 0 Å². The van der Waals surface area contributed by atoms with E-state index in [4.69, 9.17) is 0 Å². The molecule has 0 aromatic heterocycles. The van der Waals surface area contributed by atoms with E-state index in [-0.39, 0.29) is 22.2 Å². The van der Waals surface area contributed by atoms with Crippen molar-refractivity contribution >= 4 is 27.3 Å². The number of sulfonamides is 1. The molecule has 2 N–H and O–H groups in total. The highest BCUT2D eigenvalue weighted by atomic mass is 32.2. The maximum absolute atomic E-state index is 12.7. The number of nitrogens with one attached hydrogen (secondary N) is 2. The molecule has 9 heteroatoms. The van der Waals surface area contributed by atoms with Gasteiger partial charge in [-0.15, -0.1) is 0 Å². The van der Waals surface area contributed by atoms with Crippen molar-refractivity contribution in [3.63, 3.8) is 0 Å². The molecule has 0 atom stereocenters. The standard InChI is InChI=1S/C17H17F3N2O3S/c1-2-5-16(23)21-13-7-4-9-15(11-13)26(24,25)22-14-8-3-6-12(10-14)17(18,19)20/h3-4,6-11,22H,2,5H2,1H3,(H,21,23). The third-order valence-electron chi connectivity index (χ3n) is 3.35. The Kier molecular flexibility index (Phi) is 5.91. The largest absolute Gasteiger partial charge is 0.416 e. The molecule has 0 aliphatic carbocycles. The van der Waals surface area contributed by atoms with Crippen LogP contribution in [-0.2, 0) is 21.0 Å². The zero-order valence-electron chi connectivity index (χ0n) is 13.8. The molecule has 140 valence electrons. The van der Waals surface area contributed by atoms with Crippen molar-refractivity contribution in [3.05, 3.63) is 54.1 Å². The Labute approximate surface area is 149 Å². The summed E-state index contributed by atoms with van der Waals surface area (Å²) in [5, 5.41) is 2.57. The third-order valence-corrected chi connectivity index (χ3v) is 4.73. The summed E-state index contributed by atoms with van der Waals surface area (Å²) in [7, 11) is -4.11. The lowest BCUT2D eigenvalue weighted by molar-refractivity contribution is -0.137. The minimum atomic E-state index is -4.58. The number of carbonyl (C=O) groups is 1. The van der Waals surface area contributed by atoms with Crippen LogP contribution in [0.4, 0.5) is 24.5 Å². The van der Waals surface area contributed by atoms with Gasteiger partial charge in [0, 0.05) is 17.8 Å². The second-order valence-electron chi connectivity index (χ2n) is 5.51. The maximum atomic E-state index is 12.7. The molecule has 0 unspecified atom stereocenters. The number of benzene rings is 2. The lowest BCUT2D eigenvalue weighted by Gasteiger charge is -2.12. The molecule has 0 saturated carbocycles. The molecule has 0 spiro atoms. The van der Waals surface area contributed by atoms with Crippen molar-refractivity contribution in [3.8, 4) is 0 Å². The van der Waals surface area contributed by atoms with Crippen LogP contribution in [0.3, 0.4) is 0 Å². The summed E-state index contributed by atoms with van der Waals surface area (Å²) in [5.74, 6) is -0.257. The fourth-order valence-corrected chi connectivity index (χ4v) is 3.26. The molecule has 0 heterocycles. The molecular formula is C17H17F3N2O3S. The number of carbonyl (C=O) groups excluding carboxylic acids is 1. The molecule has 0 aliphatic heterocycles. The van der Waals surface area contributed by atoms with E-state index in [2.05, 4.69) is 10.0 Å². The highest BCUT2D eigenvalue weighted by Gasteiger charge is 2.30. The number of rotatable bonds is 6. The zero-order chi connectivity index (χ0) is 19.4. The summed E-state index contributed by atoms with van der Waals surface area (Å²) in [6.07, 6.45) is -3.65. The Hall–Kier alpha value is -2.55. The first kappa shape index (κ1) is 19.8. The summed E-state index contributed by atoms with van der Waals surface area (Å²) in [4.78, 5) is 11.4. The maximum Gasteiger partial charge on any atom is 0.416 e. The number of alkyl halides is 3. The molecule has 0 aliphatic rings. The summed E-state index contributed by atoms with van der Waals surface area (Å²) in [5.41, 5.74) is -0.881. The lowest BCUT2D eigenvalue weighted by atomic mass is 10.2. The molecule has 0 saturated heterocycles. The highest BCUT2D eigenvalue weighted by Crippen LogP contribution is 2.31. The Bertz CT molecular complexity index is 896. The molecule has 2 aromatic carbocycles. The van der Waals surface area contributed by atoms with E-state index in [0.29, 0.717) is 18.9 Å². The highest BCUT2D eigenvalue weighted by molar-refractivity contribution is 7.92. The molecular weight excluding hydrogens is 369 g/mol. The second-order valence-corrected chi connectivity index (χ2v) is 7.19. The minimum Gasteiger partial charge on any atom is -0.326 e. The van der Waals surface area contributed by atoms with Gasteiger partial charge in [0.2, 0.25) is 5.91 Å². The Morgan fingerprint density at radius 3 is 2.35 bits per heavy atom. The summed E-state index contributed by atoms with van der Waals surface area (Å²) in [6, 6.07) is 9.38. The van der Waals surface area contributed by atoms with Crippen LogP contribution in [0.2, 0.25) is 0 Å². The van der Waals surface area contributed by atoms with E-state index in [1.165, 1.54) is 30.3 Å². The van der Waals surface area contributed by atoms with Crippen molar-refractivity contribution in [1.29, 1.82) is 0 Å². The molecule has 2 rings (SSSR count).